The summed E-state index contributed by atoms with van der Waals surface area (Å²) in [4.78, 5) is 12.8. The highest BCUT2D eigenvalue weighted by atomic mass is 32.2. The highest BCUT2D eigenvalue weighted by molar-refractivity contribution is 7.91. The fraction of sp³-hybridized carbons (Fsp3) is 0.316. The van der Waals surface area contributed by atoms with Gasteiger partial charge in [0.25, 0.3) is 5.91 Å². The van der Waals surface area contributed by atoms with Crippen LogP contribution >= 0.6 is 0 Å². The van der Waals surface area contributed by atoms with Gasteiger partial charge in [-0.05, 0) is 66.8 Å². The van der Waals surface area contributed by atoms with Gasteiger partial charge in [-0.2, -0.15) is 0 Å². The molecule has 1 amide bonds. The molecule has 0 fully saturated rings. The number of hydrogen-bond acceptors (Lipinski definition) is 4. The van der Waals surface area contributed by atoms with Gasteiger partial charge in [-0.15, -0.1) is 0 Å². The zero-order valence-corrected chi connectivity index (χ0v) is 15.0. The number of rotatable bonds is 4. The van der Waals surface area contributed by atoms with Crippen LogP contribution in [0.1, 0.15) is 47.3 Å². The third kappa shape index (κ3) is 3.69. The average Bonchev–Trinajstić information content (AvgIpc) is 2.61. The Bertz CT molecular complexity index is 889. The molecule has 2 aromatic carbocycles. The third-order valence-electron chi connectivity index (χ3n) is 4.64. The number of benzene rings is 2. The van der Waals surface area contributed by atoms with E-state index in [0.29, 0.717) is 5.56 Å². The first-order valence-electron chi connectivity index (χ1n) is 8.42. The van der Waals surface area contributed by atoms with Gasteiger partial charge in [0, 0.05) is 11.3 Å². The predicted molar refractivity (Wildman–Crippen MR) is 98.2 cm³/mol. The minimum absolute atomic E-state index is 0.0422. The number of nitrogen functional groups attached to an aromatic ring is 1. The van der Waals surface area contributed by atoms with Crippen LogP contribution < -0.4 is 11.1 Å². The Labute approximate surface area is 148 Å². The lowest BCUT2D eigenvalue weighted by molar-refractivity contribution is 0.0932. The molecular weight excluding hydrogens is 336 g/mol. The van der Waals surface area contributed by atoms with Crippen LogP contribution in [0.3, 0.4) is 0 Å². The smallest absolute Gasteiger partial charge is 0.251 e. The maximum Gasteiger partial charge on any atom is 0.251 e. The summed E-state index contributed by atoms with van der Waals surface area (Å²) in [6, 6.07) is 11.9. The van der Waals surface area contributed by atoms with Crippen molar-refractivity contribution >= 4 is 21.4 Å². The quantitative estimate of drug-likeness (QED) is 0.823. The topological polar surface area (TPSA) is 89.3 Å². The first-order valence-corrected chi connectivity index (χ1v) is 10.1. The second-order valence-electron chi connectivity index (χ2n) is 6.30. The minimum atomic E-state index is -3.26. The Morgan fingerprint density at radius 2 is 1.92 bits per heavy atom. The number of nitrogens with one attached hydrogen (secondary N) is 1. The van der Waals surface area contributed by atoms with E-state index in [1.165, 1.54) is 17.7 Å². The summed E-state index contributed by atoms with van der Waals surface area (Å²) in [5.41, 5.74) is 9.33. The van der Waals surface area contributed by atoms with E-state index < -0.39 is 9.84 Å². The van der Waals surface area contributed by atoms with E-state index in [0.717, 1.165) is 30.5 Å². The maximum atomic E-state index is 12.5. The third-order valence-corrected chi connectivity index (χ3v) is 6.39. The molecule has 25 heavy (non-hydrogen) atoms. The number of sulfone groups is 1. The van der Waals surface area contributed by atoms with Gasteiger partial charge < -0.3 is 11.1 Å². The van der Waals surface area contributed by atoms with Crippen molar-refractivity contribution in [3.05, 3.63) is 59.2 Å². The molecule has 1 aliphatic carbocycles. The molecule has 1 aliphatic rings. The zero-order chi connectivity index (χ0) is 18.0. The molecule has 3 N–H and O–H groups in total. The molecule has 5 nitrogen and oxygen atoms in total. The highest BCUT2D eigenvalue weighted by Gasteiger charge is 2.22. The second kappa shape index (κ2) is 6.88. The van der Waals surface area contributed by atoms with Gasteiger partial charge in [0.15, 0.2) is 9.84 Å². The Hall–Kier alpha value is -2.34. The van der Waals surface area contributed by atoms with Gasteiger partial charge in [-0.3, -0.25) is 4.79 Å². The number of aryl methyl sites for hydroxylation is 1. The van der Waals surface area contributed by atoms with Crippen LogP contribution in [0, 0.1) is 0 Å². The number of anilines is 1. The Balaban J connectivity index is 1.78. The molecule has 0 aliphatic heterocycles. The van der Waals surface area contributed by atoms with E-state index in [1.807, 2.05) is 18.2 Å². The second-order valence-corrected chi connectivity index (χ2v) is 8.58. The van der Waals surface area contributed by atoms with Crippen molar-refractivity contribution in [1.29, 1.82) is 0 Å². The van der Waals surface area contributed by atoms with Crippen molar-refractivity contribution in [2.24, 2.45) is 0 Å². The standard InChI is InChI=1S/C19H22N2O3S/c1-2-25(23,24)16-9-6-13(7-10-16)19(22)21-18-5-3-4-14-12-15(20)8-11-17(14)18/h6-12,18H,2-5,20H2,1H3,(H,21,22). The fourth-order valence-corrected chi connectivity index (χ4v) is 4.09. The molecule has 3 rings (SSSR count). The van der Waals surface area contributed by atoms with Crippen molar-refractivity contribution in [3.63, 3.8) is 0 Å². The van der Waals surface area contributed by atoms with Crippen LogP contribution in [0.2, 0.25) is 0 Å². The Morgan fingerprint density at radius 1 is 1.20 bits per heavy atom. The molecule has 0 spiro atoms. The number of carbonyl (C=O) groups is 1. The lowest BCUT2D eigenvalue weighted by atomic mass is 9.87. The summed E-state index contributed by atoms with van der Waals surface area (Å²) in [6.07, 6.45) is 2.84. The van der Waals surface area contributed by atoms with Crippen LogP contribution in [0.15, 0.2) is 47.4 Å². The van der Waals surface area contributed by atoms with Gasteiger partial charge in [0.1, 0.15) is 0 Å². The number of carbonyl (C=O) groups excluding carboxylic acids is 1. The lowest BCUT2D eigenvalue weighted by Crippen LogP contribution is -2.31. The van der Waals surface area contributed by atoms with E-state index in [1.54, 1.807) is 19.1 Å². The Kier molecular flexibility index (Phi) is 4.81. The van der Waals surface area contributed by atoms with E-state index in [4.69, 9.17) is 5.73 Å². The summed E-state index contributed by atoms with van der Waals surface area (Å²) in [7, 11) is -3.26. The molecule has 0 saturated heterocycles. The van der Waals surface area contributed by atoms with Crippen LogP contribution in [0.5, 0.6) is 0 Å². The number of hydrogen-bond donors (Lipinski definition) is 2. The van der Waals surface area contributed by atoms with Crippen molar-refractivity contribution in [1.82, 2.24) is 5.32 Å². The first kappa shape index (κ1) is 17.5. The average molecular weight is 358 g/mol. The molecule has 0 aromatic heterocycles. The molecule has 0 saturated carbocycles. The minimum Gasteiger partial charge on any atom is -0.399 e. The molecule has 1 unspecified atom stereocenters. The molecule has 0 radical (unpaired) electrons. The first-order chi connectivity index (χ1) is 11.9. The maximum absolute atomic E-state index is 12.5. The van der Waals surface area contributed by atoms with Crippen LogP contribution in [0.25, 0.3) is 0 Å². The highest BCUT2D eigenvalue weighted by Crippen LogP contribution is 2.31. The largest absolute Gasteiger partial charge is 0.399 e. The van der Waals surface area contributed by atoms with Gasteiger partial charge >= 0.3 is 0 Å². The normalized spacial score (nSPS) is 16.9. The van der Waals surface area contributed by atoms with E-state index in [9.17, 15) is 13.2 Å². The molecule has 6 heteroatoms. The molecular formula is C19H22N2O3S. The van der Waals surface area contributed by atoms with Gasteiger partial charge in [-0.1, -0.05) is 13.0 Å². The van der Waals surface area contributed by atoms with Gasteiger partial charge in [-0.25, -0.2) is 8.42 Å². The summed E-state index contributed by atoms with van der Waals surface area (Å²) in [5, 5.41) is 3.05. The lowest BCUT2D eigenvalue weighted by Gasteiger charge is -2.26. The molecule has 0 heterocycles. The SMILES string of the molecule is CCS(=O)(=O)c1ccc(C(=O)NC2CCCc3cc(N)ccc32)cc1. The van der Waals surface area contributed by atoms with Crippen molar-refractivity contribution in [2.75, 3.05) is 11.5 Å². The number of nitrogens with two attached hydrogens (primary N) is 1. The molecule has 1 atom stereocenters. The predicted octanol–water partition coefficient (Wildman–Crippen LogP) is 2.87. The van der Waals surface area contributed by atoms with Crippen LogP contribution in [0.4, 0.5) is 5.69 Å². The van der Waals surface area contributed by atoms with Crippen molar-refractivity contribution in [2.45, 2.75) is 37.1 Å². The van der Waals surface area contributed by atoms with Crippen LogP contribution in [-0.4, -0.2) is 20.1 Å². The summed E-state index contributed by atoms with van der Waals surface area (Å²) in [5.74, 6) is -0.157. The summed E-state index contributed by atoms with van der Waals surface area (Å²) >= 11 is 0. The summed E-state index contributed by atoms with van der Waals surface area (Å²) < 4.78 is 23.7. The molecule has 0 bridgehead atoms. The van der Waals surface area contributed by atoms with Gasteiger partial charge in [0.2, 0.25) is 0 Å². The number of amides is 1. The van der Waals surface area contributed by atoms with Crippen LogP contribution in [-0.2, 0) is 16.3 Å². The fourth-order valence-electron chi connectivity index (χ4n) is 3.21. The zero-order valence-electron chi connectivity index (χ0n) is 14.2. The number of fused-ring (bicyclic) bond motifs is 1. The Morgan fingerprint density at radius 3 is 2.60 bits per heavy atom. The van der Waals surface area contributed by atoms with Crippen molar-refractivity contribution in [3.8, 4) is 0 Å². The van der Waals surface area contributed by atoms with E-state index in [2.05, 4.69) is 5.32 Å². The molecule has 132 valence electrons. The van der Waals surface area contributed by atoms with E-state index >= 15 is 0 Å². The van der Waals surface area contributed by atoms with Crippen molar-refractivity contribution < 1.29 is 13.2 Å². The van der Waals surface area contributed by atoms with Gasteiger partial charge in [0.05, 0.1) is 16.7 Å². The monoisotopic (exact) mass is 358 g/mol. The summed E-state index contributed by atoms with van der Waals surface area (Å²) in [6.45, 7) is 1.60. The van der Waals surface area contributed by atoms with E-state index in [-0.39, 0.29) is 22.6 Å². The molecule has 2 aromatic rings.